The lowest BCUT2D eigenvalue weighted by Gasteiger charge is -2.08. The van der Waals surface area contributed by atoms with E-state index in [9.17, 15) is 9.59 Å². The van der Waals surface area contributed by atoms with E-state index in [1.807, 2.05) is 30.3 Å². The van der Waals surface area contributed by atoms with Crippen molar-refractivity contribution in [2.75, 3.05) is 0 Å². The van der Waals surface area contributed by atoms with Gasteiger partial charge in [-0.2, -0.15) is 0 Å². The number of Topliss-reactive ketones (excluding diaryl/α,β-unsaturated/α-hetero) is 1. The second-order valence-electron chi connectivity index (χ2n) is 3.48. The number of benzene rings is 1. The first-order valence-corrected chi connectivity index (χ1v) is 6.04. The van der Waals surface area contributed by atoms with Crippen molar-refractivity contribution in [3.8, 4) is 0 Å². The van der Waals surface area contributed by atoms with Crippen LogP contribution in [0.15, 0.2) is 30.3 Å². The fourth-order valence-electron chi connectivity index (χ4n) is 1.18. The molecule has 0 saturated heterocycles. The minimum Gasteiger partial charge on any atom is -0.481 e. The highest BCUT2D eigenvalue weighted by Gasteiger charge is 2.16. The Morgan fingerprint density at radius 2 is 1.94 bits per heavy atom. The van der Waals surface area contributed by atoms with Gasteiger partial charge in [-0.25, -0.2) is 0 Å². The van der Waals surface area contributed by atoms with Crippen LogP contribution in [0.1, 0.15) is 18.9 Å². The van der Waals surface area contributed by atoms with Crippen LogP contribution in [0.4, 0.5) is 0 Å². The van der Waals surface area contributed by atoms with Gasteiger partial charge in [0.1, 0.15) is 6.42 Å². The van der Waals surface area contributed by atoms with E-state index in [1.54, 1.807) is 6.92 Å². The van der Waals surface area contributed by atoms with E-state index in [1.165, 1.54) is 11.8 Å². The van der Waals surface area contributed by atoms with Gasteiger partial charge in [-0.15, -0.1) is 11.8 Å². The van der Waals surface area contributed by atoms with Gasteiger partial charge in [0.2, 0.25) is 0 Å². The number of aliphatic carboxylic acids is 1. The Bertz CT molecular complexity index is 362. The molecule has 0 amide bonds. The molecule has 0 bridgehead atoms. The summed E-state index contributed by atoms with van der Waals surface area (Å²) in [4.78, 5) is 21.7. The van der Waals surface area contributed by atoms with Gasteiger partial charge < -0.3 is 5.11 Å². The third-order valence-corrected chi connectivity index (χ3v) is 3.38. The monoisotopic (exact) mass is 238 g/mol. The van der Waals surface area contributed by atoms with Crippen molar-refractivity contribution in [3.63, 3.8) is 0 Å². The van der Waals surface area contributed by atoms with Crippen molar-refractivity contribution in [1.82, 2.24) is 0 Å². The molecule has 1 N–H and O–H groups in total. The fraction of sp³-hybridized carbons (Fsp3) is 0.333. The smallest absolute Gasteiger partial charge is 0.310 e. The summed E-state index contributed by atoms with van der Waals surface area (Å²) in [7, 11) is 0. The van der Waals surface area contributed by atoms with Crippen molar-refractivity contribution in [1.29, 1.82) is 0 Å². The van der Waals surface area contributed by atoms with Crippen LogP contribution in [0.3, 0.4) is 0 Å². The van der Waals surface area contributed by atoms with Crippen molar-refractivity contribution < 1.29 is 14.7 Å². The number of carbonyl (C=O) groups is 2. The number of carboxylic acids is 1. The van der Waals surface area contributed by atoms with Crippen LogP contribution in [-0.2, 0) is 15.3 Å². The SMILES string of the molecule is CC(SCc1ccccc1)C(=O)CC(=O)O. The van der Waals surface area contributed by atoms with Gasteiger partial charge in [-0.3, -0.25) is 9.59 Å². The molecule has 0 aromatic heterocycles. The Kier molecular flexibility index (Phi) is 5.05. The largest absolute Gasteiger partial charge is 0.481 e. The first-order chi connectivity index (χ1) is 7.59. The predicted molar refractivity (Wildman–Crippen MR) is 64.5 cm³/mol. The Hall–Kier alpha value is -1.29. The summed E-state index contributed by atoms with van der Waals surface area (Å²) in [6.07, 6.45) is -0.386. The lowest BCUT2D eigenvalue weighted by molar-refractivity contribution is -0.140. The van der Waals surface area contributed by atoms with Crippen LogP contribution < -0.4 is 0 Å². The molecule has 0 aliphatic rings. The van der Waals surface area contributed by atoms with Crippen molar-refractivity contribution >= 4 is 23.5 Å². The minimum absolute atomic E-state index is 0.228. The van der Waals surface area contributed by atoms with Gasteiger partial charge in [0, 0.05) is 5.75 Å². The number of thioether (sulfide) groups is 1. The van der Waals surface area contributed by atoms with Gasteiger partial charge in [0.25, 0.3) is 0 Å². The average molecular weight is 238 g/mol. The number of carboxylic acid groups (broad SMARTS) is 1. The van der Waals surface area contributed by atoms with Crippen LogP contribution >= 0.6 is 11.8 Å². The summed E-state index contributed by atoms with van der Waals surface area (Å²) in [5, 5.41) is 8.22. The molecular weight excluding hydrogens is 224 g/mol. The molecule has 0 aliphatic heterocycles. The molecule has 0 spiro atoms. The molecule has 1 atom stereocenters. The van der Waals surface area contributed by atoms with Crippen LogP contribution in [0.2, 0.25) is 0 Å². The maximum absolute atomic E-state index is 11.4. The Labute approximate surface area is 98.9 Å². The normalized spacial score (nSPS) is 12.1. The topological polar surface area (TPSA) is 54.4 Å². The van der Waals surface area contributed by atoms with Crippen molar-refractivity contribution in [3.05, 3.63) is 35.9 Å². The number of ketones is 1. The third-order valence-electron chi connectivity index (χ3n) is 2.12. The van der Waals surface area contributed by atoms with Gasteiger partial charge in [-0.05, 0) is 12.5 Å². The predicted octanol–water partition coefficient (Wildman–Crippen LogP) is 2.35. The van der Waals surface area contributed by atoms with Gasteiger partial charge in [-0.1, -0.05) is 30.3 Å². The zero-order valence-electron chi connectivity index (χ0n) is 9.05. The summed E-state index contributed by atoms with van der Waals surface area (Å²) >= 11 is 1.47. The summed E-state index contributed by atoms with van der Waals surface area (Å²) < 4.78 is 0. The van der Waals surface area contributed by atoms with Crippen LogP contribution in [0.5, 0.6) is 0 Å². The number of carbonyl (C=O) groups excluding carboxylic acids is 1. The van der Waals surface area contributed by atoms with Gasteiger partial charge >= 0.3 is 5.97 Å². The van der Waals surface area contributed by atoms with Crippen LogP contribution in [0.25, 0.3) is 0 Å². The lowest BCUT2D eigenvalue weighted by Crippen LogP contribution is -2.17. The third kappa shape index (κ3) is 4.49. The zero-order chi connectivity index (χ0) is 12.0. The van der Waals surface area contributed by atoms with Crippen LogP contribution in [0, 0.1) is 0 Å². The molecule has 3 nitrogen and oxygen atoms in total. The van der Waals surface area contributed by atoms with Crippen molar-refractivity contribution in [2.45, 2.75) is 24.3 Å². The maximum Gasteiger partial charge on any atom is 0.310 e. The molecule has 4 heteroatoms. The maximum atomic E-state index is 11.4. The first-order valence-electron chi connectivity index (χ1n) is 4.99. The second-order valence-corrected chi connectivity index (χ2v) is 4.80. The minimum atomic E-state index is -1.06. The fourth-order valence-corrected chi connectivity index (χ4v) is 2.09. The molecule has 0 radical (unpaired) electrons. The number of hydrogen-bond acceptors (Lipinski definition) is 3. The Morgan fingerprint density at radius 3 is 2.50 bits per heavy atom. The van der Waals surface area contributed by atoms with Crippen LogP contribution in [-0.4, -0.2) is 22.1 Å². The molecule has 1 unspecified atom stereocenters. The van der Waals surface area contributed by atoms with E-state index in [0.29, 0.717) is 0 Å². The summed E-state index contributed by atoms with van der Waals surface area (Å²) in [5.41, 5.74) is 1.14. The standard InChI is InChI=1S/C12H14O3S/c1-9(11(13)7-12(14)15)16-8-10-5-3-2-4-6-10/h2-6,9H,7-8H2,1H3,(H,14,15). The molecule has 0 heterocycles. The van der Waals surface area contributed by atoms with Gasteiger partial charge in [0.05, 0.1) is 5.25 Å². The Balaban J connectivity index is 2.38. The van der Waals surface area contributed by atoms with E-state index in [0.717, 1.165) is 11.3 Å². The van der Waals surface area contributed by atoms with E-state index >= 15 is 0 Å². The molecule has 1 aromatic carbocycles. The molecule has 1 rings (SSSR count). The lowest BCUT2D eigenvalue weighted by atomic mass is 10.2. The second kappa shape index (κ2) is 6.33. The highest BCUT2D eigenvalue weighted by Crippen LogP contribution is 2.18. The van der Waals surface area contributed by atoms with E-state index in [4.69, 9.17) is 5.11 Å². The summed E-state index contributed by atoms with van der Waals surface area (Å²) in [5.74, 6) is -0.557. The van der Waals surface area contributed by atoms with E-state index in [2.05, 4.69) is 0 Å². The van der Waals surface area contributed by atoms with Gasteiger partial charge in [0.15, 0.2) is 5.78 Å². The average Bonchev–Trinajstić information content (AvgIpc) is 2.26. The zero-order valence-corrected chi connectivity index (χ0v) is 9.87. The Morgan fingerprint density at radius 1 is 1.31 bits per heavy atom. The van der Waals surface area contributed by atoms with Crippen molar-refractivity contribution in [2.24, 2.45) is 0 Å². The summed E-state index contributed by atoms with van der Waals surface area (Å²) in [6, 6.07) is 9.80. The summed E-state index contributed by atoms with van der Waals surface area (Å²) in [6.45, 7) is 1.75. The molecular formula is C12H14O3S. The molecule has 0 aliphatic carbocycles. The highest BCUT2D eigenvalue weighted by atomic mass is 32.2. The number of rotatable bonds is 6. The van der Waals surface area contributed by atoms with E-state index in [-0.39, 0.29) is 17.5 Å². The molecule has 1 aromatic rings. The molecule has 0 saturated carbocycles. The first kappa shape index (κ1) is 12.8. The molecule has 86 valence electrons. The quantitative estimate of drug-likeness (QED) is 0.773. The number of hydrogen-bond donors (Lipinski definition) is 1. The highest BCUT2D eigenvalue weighted by molar-refractivity contribution is 7.99. The van der Waals surface area contributed by atoms with E-state index < -0.39 is 5.97 Å². The molecule has 16 heavy (non-hydrogen) atoms. The molecule has 0 fully saturated rings.